The van der Waals surface area contributed by atoms with E-state index in [1.54, 1.807) is 30.3 Å². The van der Waals surface area contributed by atoms with Crippen LogP contribution in [0.1, 0.15) is 28.8 Å². The van der Waals surface area contributed by atoms with Gasteiger partial charge < -0.3 is 20.1 Å². The van der Waals surface area contributed by atoms with E-state index in [0.29, 0.717) is 48.8 Å². The first-order valence-corrected chi connectivity index (χ1v) is 8.33. The molecule has 2 aromatic rings. The summed E-state index contributed by atoms with van der Waals surface area (Å²) in [5.74, 6) is 1.15. The zero-order chi connectivity index (χ0) is 17.2. The quantitative estimate of drug-likeness (QED) is 0.882. The van der Waals surface area contributed by atoms with E-state index >= 15 is 0 Å². The molecule has 2 aliphatic heterocycles. The van der Waals surface area contributed by atoms with Crippen molar-refractivity contribution in [2.75, 3.05) is 23.8 Å². The Hall–Kier alpha value is -3.02. The Morgan fingerprint density at radius 3 is 2.72 bits per heavy atom. The van der Waals surface area contributed by atoms with Crippen molar-refractivity contribution < 1.29 is 19.1 Å². The number of aryl methyl sites for hydroxylation is 1. The van der Waals surface area contributed by atoms with Crippen LogP contribution in [0.5, 0.6) is 11.5 Å². The summed E-state index contributed by atoms with van der Waals surface area (Å²) >= 11 is 0. The van der Waals surface area contributed by atoms with Gasteiger partial charge in [0.05, 0.1) is 13.2 Å². The standard InChI is InChI=1S/C19H18N2O4/c22-18-7-3-12-10-13(2-5-15(12)21-18)19(23)20-14-4-6-16-17(11-14)25-9-1-8-24-16/h2,4-6,10-11H,1,3,7-9H2,(H,20,23)(H,21,22). The maximum Gasteiger partial charge on any atom is 0.255 e. The highest BCUT2D eigenvalue weighted by Gasteiger charge is 2.17. The molecule has 25 heavy (non-hydrogen) atoms. The molecule has 0 bridgehead atoms. The molecule has 0 saturated carbocycles. The van der Waals surface area contributed by atoms with Gasteiger partial charge in [0.15, 0.2) is 11.5 Å². The number of carbonyl (C=O) groups excluding carboxylic acids is 2. The SMILES string of the molecule is O=C1CCc2cc(C(=O)Nc3ccc4c(c3)OCCCO4)ccc2N1. The molecule has 4 rings (SSSR count). The minimum absolute atomic E-state index is 0.0110. The molecule has 0 saturated heterocycles. The number of amides is 2. The van der Waals surface area contributed by atoms with E-state index in [2.05, 4.69) is 10.6 Å². The van der Waals surface area contributed by atoms with Gasteiger partial charge in [-0.05, 0) is 42.3 Å². The molecule has 2 N–H and O–H groups in total. The summed E-state index contributed by atoms with van der Waals surface area (Å²) < 4.78 is 11.2. The number of ether oxygens (including phenoxy) is 2. The zero-order valence-electron chi connectivity index (χ0n) is 13.6. The highest BCUT2D eigenvalue weighted by atomic mass is 16.5. The smallest absolute Gasteiger partial charge is 0.255 e. The molecule has 6 nitrogen and oxygen atoms in total. The van der Waals surface area contributed by atoms with Gasteiger partial charge in [-0.2, -0.15) is 0 Å². The number of anilines is 2. The molecule has 0 aliphatic carbocycles. The molecule has 2 aromatic carbocycles. The van der Waals surface area contributed by atoms with Gasteiger partial charge in [0.25, 0.3) is 5.91 Å². The van der Waals surface area contributed by atoms with E-state index in [0.717, 1.165) is 17.7 Å². The lowest BCUT2D eigenvalue weighted by atomic mass is 10.00. The van der Waals surface area contributed by atoms with Crippen LogP contribution in [0.2, 0.25) is 0 Å². The highest BCUT2D eigenvalue weighted by molar-refractivity contribution is 6.05. The number of hydrogen-bond acceptors (Lipinski definition) is 4. The number of carbonyl (C=O) groups is 2. The van der Waals surface area contributed by atoms with Crippen molar-refractivity contribution in [3.05, 3.63) is 47.5 Å². The topological polar surface area (TPSA) is 76.7 Å². The first kappa shape index (κ1) is 15.5. The summed E-state index contributed by atoms with van der Waals surface area (Å²) in [4.78, 5) is 23.9. The Balaban J connectivity index is 1.52. The van der Waals surface area contributed by atoms with Crippen LogP contribution in [-0.4, -0.2) is 25.0 Å². The maximum absolute atomic E-state index is 12.5. The van der Waals surface area contributed by atoms with Crippen molar-refractivity contribution in [3.8, 4) is 11.5 Å². The number of hydrogen-bond donors (Lipinski definition) is 2. The molecular formula is C19H18N2O4. The molecule has 0 aromatic heterocycles. The Morgan fingerprint density at radius 1 is 1.00 bits per heavy atom. The van der Waals surface area contributed by atoms with Crippen LogP contribution in [0.15, 0.2) is 36.4 Å². The third kappa shape index (κ3) is 3.28. The fourth-order valence-electron chi connectivity index (χ4n) is 2.97. The minimum atomic E-state index is -0.200. The lowest BCUT2D eigenvalue weighted by Gasteiger charge is -2.17. The van der Waals surface area contributed by atoms with Crippen LogP contribution in [0.3, 0.4) is 0 Å². The van der Waals surface area contributed by atoms with Crippen LogP contribution in [-0.2, 0) is 11.2 Å². The van der Waals surface area contributed by atoms with Gasteiger partial charge in [-0.1, -0.05) is 0 Å². The lowest BCUT2D eigenvalue weighted by molar-refractivity contribution is -0.116. The molecule has 6 heteroatoms. The van der Waals surface area contributed by atoms with Gasteiger partial charge in [-0.15, -0.1) is 0 Å². The van der Waals surface area contributed by atoms with Crippen LogP contribution < -0.4 is 20.1 Å². The van der Waals surface area contributed by atoms with Crippen molar-refractivity contribution >= 4 is 23.2 Å². The van der Waals surface area contributed by atoms with E-state index in [1.807, 2.05) is 6.07 Å². The number of nitrogens with one attached hydrogen (secondary N) is 2. The zero-order valence-corrected chi connectivity index (χ0v) is 13.6. The lowest BCUT2D eigenvalue weighted by Crippen LogP contribution is -2.20. The van der Waals surface area contributed by atoms with Gasteiger partial charge in [-0.3, -0.25) is 9.59 Å². The third-order valence-electron chi connectivity index (χ3n) is 4.27. The fourth-order valence-corrected chi connectivity index (χ4v) is 2.97. The Kier molecular flexibility index (Phi) is 4.01. The van der Waals surface area contributed by atoms with Crippen molar-refractivity contribution in [2.45, 2.75) is 19.3 Å². The number of benzene rings is 2. The molecule has 128 valence electrons. The van der Waals surface area contributed by atoms with Crippen molar-refractivity contribution in [2.24, 2.45) is 0 Å². The summed E-state index contributed by atoms with van der Waals surface area (Å²) in [5, 5.41) is 5.70. The molecule has 0 radical (unpaired) electrons. The predicted molar refractivity (Wildman–Crippen MR) is 93.4 cm³/mol. The van der Waals surface area contributed by atoms with Gasteiger partial charge in [0, 0.05) is 35.8 Å². The van der Waals surface area contributed by atoms with Crippen molar-refractivity contribution in [3.63, 3.8) is 0 Å². The molecule has 0 spiro atoms. The second kappa shape index (κ2) is 6.47. The molecule has 0 fully saturated rings. The van der Waals surface area contributed by atoms with Gasteiger partial charge in [0.2, 0.25) is 5.91 Å². The first-order chi connectivity index (χ1) is 12.2. The van der Waals surface area contributed by atoms with Crippen LogP contribution in [0.25, 0.3) is 0 Å². The monoisotopic (exact) mass is 338 g/mol. The van der Waals surface area contributed by atoms with Gasteiger partial charge in [0.1, 0.15) is 0 Å². The number of rotatable bonds is 2. The van der Waals surface area contributed by atoms with Gasteiger partial charge >= 0.3 is 0 Å². The van der Waals surface area contributed by atoms with Crippen LogP contribution in [0, 0.1) is 0 Å². The molecule has 2 heterocycles. The van der Waals surface area contributed by atoms with E-state index in [4.69, 9.17) is 9.47 Å². The second-order valence-electron chi connectivity index (χ2n) is 6.09. The minimum Gasteiger partial charge on any atom is -0.490 e. The van der Waals surface area contributed by atoms with Gasteiger partial charge in [-0.25, -0.2) is 0 Å². The van der Waals surface area contributed by atoms with E-state index < -0.39 is 0 Å². The summed E-state index contributed by atoms with van der Waals surface area (Å²) in [6.07, 6.45) is 1.93. The molecule has 0 unspecified atom stereocenters. The predicted octanol–water partition coefficient (Wildman–Crippen LogP) is 2.98. The Labute approximate surface area is 145 Å². The molecule has 0 atom stereocenters. The second-order valence-corrected chi connectivity index (χ2v) is 6.09. The van der Waals surface area contributed by atoms with E-state index in [9.17, 15) is 9.59 Å². The Morgan fingerprint density at radius 2 is 1.84 bits per heavy atom. The van der Waals surface area contributed by atoms with Crippen molar-refractivity contribution in [1.82, 2.24) is 0 Å². The maximum atomic E-state index is 12.5. The normalized spacial score (nSPS) is 15.6. The summed E-state index contributed by atoms with van der Waals surface area (Å²) in [7, 11) is 0. The molecule has 2 amide bonds. The van der Waals surface area contributed by atoms with Crippen molar-refractivity contribution in [1.29, 1.82) is 0 Å². The van der Waals surface area contributed by atoms with E-state index in [-0.39, 0.29) is 11.8 Å². The molecular weight excluding hydrogens is 320 g/mol. The fraction of sp³-hybridized carbons (Fsp3) is 0.263. The largest absolute Gasteiger partial charge is 0.490 e. The van der Waals surface area contributed by atoms with Crippen LogP contribution >= 0.6 is 0 Å². The number of fused-ring (bicyclic) bond motifs is 2. The highest BCUT2D eigenvalue weighted by Crippen LogP contribution is 2.32. The summed E-state index contributed by atoms with van der Waals surface area (Å²) in [5.41, 5.74) is 2.97. The molecule has 2 aliphatic rings. The summed E-state index contributed by atoms with van der Waals surface area (Å²) in [6.45, 7) is 1.23. The third-order valence-corrected chi connectivity index (χ3v) is 4.27. The average Bonchev–Trinajstić information content (AvgIpc) is 2.86. The summed E-state index contributed by atoms with van der Waals surface area (Å²) in [6, 6.07) is 10.7. The first-order valence-electron chi connectivity index (χ1n) is 8.33. The van der Waals surface area contributed by atoms with E-state index in [1.165, 1.54) is 0 Å². The Bertz CT molecular complexity index is 847. The van der Waals surface area contributed by atoms with Crippen LogP contribution in [0.4, 0.5) is 11.4 Å². The average molecular weight is 338 g/mol.